The lowest BCUT2D eigenvalue weighted by molar-refractivity contribution is 0.168. The van der Waals surface area contributed by atoms with Gasteiger partial charge in [-0.2, -0.15) is 0 Å². The van der Waals surface area contributed by atoms with Gasteiger partial charge in [-0.1, -0.05) is 0 Å². The van der Waals surface area contributed by atoms with Crippen LogP contribution in [-0.2, 0) is 6.42 Å². The van der Waals surface area contributed by atoms with Crippen molar-refractivity contribution in [2.45, 2.75) is 25.9 Å². The standard InChI is InChI=1S/C21H18N3O2S/c1-11-7-12(18-15(8-11)23-17(25-4)10-22-18)20-24-14-5-6-16-13(19(14)27-20)9-21(2,3)26-16/h5-8,10H,2,9H2,1,3-4H3/t21-/m1/s1. The normalized spacial score (nSPS) is 15.1. The molecule has 1 atom stereocenters. The Hall–Kier alpha value is -2.73. The Bertz CT molecular complexity index is 1210. The number of rotatable bonds is 2. The van der Waals surface area contributed by atoms with Gasteiger partial charge in [0.15, 0.2) is 0 Å². The first kappa shape index (κ1) is 16.4. The van der Waals surface area contributed by atoms with Crippen LogP contribution in [0.15, 0.2) is 30.5 Å². The summed E-state index contributed by atoms with van der Waals surface area (Å²) in [5.41, 5.74) is 5.49. The molecule has 4 aromatic rings. The Morgan fingerprint density at radius 3 is 2.89 bits per heavy atom. The second-order valence-electron chi connectivity index (χ2n) is 7.23. The third-order valence-electron chi connectivity index (χ3n) is 4.73. The molecule has 1 aliphatic heterocycles. The van der Waals surface area contributed by atoms with E-state index in [1.807, 2.05) is 25.1 Å². The molecule has 27 heavy (non-hydrogen) atoms. The Morgan fingerprint density at radius 2 is 2.07 bits per heavy atom. The van der Waals surface area contributed by atoms with E-state index in [0.717, 1.165) is 49.6 Å². The van der Waals surface area contributed by atoms with Gasteiger partial charge < -0.3 is 9.47 Å². The van der Waals surface area contributed by atoms with Crippen molar-refractivity contribution in [2.24, 2.45) is 0 Å². The van der Waals surface area contributed by atoms with Crippen LogP contribution in [-0.4, -0.2) is 27.7 Å². The number of thiazole rings is 1. The molecule has 0 bridgehead atoms. The summed E-state index contributed by atoms with van der Waals surface area (Å²) in [5, 5.41) is 0.934. The number of ether oxygens (including phenoxy) is 2. The predicted molar refractivity (Wildman–Crippen MR) is 108 cm³/mol. The fraction of sp³-hybridized carbons (Fsp3) is 0.238. The molecule has 0 amide bonds. The Kier molecular flexibility index (Phi) is 3.43. The summed E-state index contributed by atoms with van der Waals surface area (Å²) in [4.78, 5) is 14.0. The van der Waals surface area contributed by atoms with Crippen LogP contribution in [0.1, 0.15) is 18.1 Å². The van der Waals surface area contributed by atoms with Gasteiger partial charge in [0.05, 0.1) is 34.6 Å². The fourth-order valence-electron chi connectivity index (χ4n) is 3.59. The fourth-order valence-corrected chi connectivity index (χ4v) is 4.71. The molecule has 0 fully saturated rings. The maximum Gasteiger partial charge on any atom is 0.232 e. The summed E-state index contributed by atoms with van der Waals surface area (Å²) in [5.74, 6) is 1.42. The highest BCUT2D eigenvalue weighted by molar-refractivity contribution is 7.22. The third kappa shape index (κ3) is 2.63. The summed E-state index contributed by atoms with van der Waals surface area (Å²) >= 11 is 1.67. The quantitative estimate of drug-likeness (QED) is 0.505. The summed E-state index contributed by atoms with van der Waals surface area (Å²) in [6, 6.07) is 8.14. The Balaban J connectivity index is 1.73. The minimum Gasteiger partial charge on any atom is -0.487 e. The van der Waals surface area contributed by atoms with Gasteiger partial charge in [0.2, 0.25) is 5.88 Å². The van der Waals surface area contributed by atoms with Crippen molar-refractivity contribution >= 4 is 32.6 Å². The Labute approximate surface area is 161 Å². The highest BCUT2D eigenvalue weighted by Crippen LogP contribution is 2.43. The van der Waals surface area contributed by atoms with E-state index in [4.69, 9.17) is 14.5 Å². The molecule has 5 rings (SSSR count). The lowest BCUT2D eigenvalue weighted by Gasteiger charge is -2.16. The molecule has 135 valence electrons. The second kappa shape index (κ2) is 5.63. The lowest BCUT2D eigenvalue weighted by Crippen LogP contribution is -2.25. The Morgan fingerprint density at radius 1 is 1.22 bits per heavy atom. The van der Waals surface area contributed by atoms with Crippen molar-refractivity contribution in [3.05, 3.63) is 48.5 Å². The molecule has 2 aromatic heterocycles. The molecule has 1 radical (unpaired) electrons. The van der Waals surface area contributed by atoms with Crippen LogP contribution < -0.4 is 9.47 Å². The minimum atomic E-state index is -0.418. The van der Waals surface area contributed by atoms with E-state index in [9.17, 15) is 0 Å². The summed E-state index contributed by atoms with van der Waals surface area (Å²) in [6.07, 6.45) is 2.43. The number of fused-ring (bicyclic) bond motifs is 4. The van der Waals surface area contributed by atoms with Crippen molar-refractivity contribution in [2.75, 3.05) is 7.11 Å². The molecule has 0 unspecified atom stereocenters. The highest BCUT2D eigenvalue weighted by atomic mass is 32.1. The van der Waals surface area contributed by atoms with Gasteiger partial charge in [-0.05, 0) is 50.6 Å². The number of hydrogen-bond donors (Lipinski definition) is 0. The third-order valence-corrected chi connectivity index (χ3v) is 5.90. The molecule has 2 aromatic carbocycles. The molecule has 0 spiro atoms. The van der Waals surface area contributed by atoms with Crippen molar-refractivity contribution in [1.29, 1.82) is 0 Å². The average Bonchev–Trinajstić information content (AvgIpc) is 3.19. The van der Waals surface area contributed by atoms with E-state index in [-0.39, 0.29) is 0 Å². The van der Waals surface area contributed by atoms with E-state index in [2.05, 4.69) is 29.9 Å². The number of benzene rings is 2. The molecule has 6 heteroatoms. The zero-order valence-corrected chi connectivity index (χ0v) is 16.2. The largest absolute Gasteiger partial charge is 0.487 e. The van der Waals surface area contributed by atoms with Crippen LogP contribution in [0, 0.1) is 13.8 Å². The van der Waals surface area contributed by atoms with Crippen LogP contribution >= 0.6 is 11.3 Å². The SMILES string of the molecule is [CH2][C@@]1(C)Cc2c(ccc3nc(-c4cc(C)cc5nc(OC)cnc45)sc23)O1. The first-order valence-electron chi connectivity index (χ1n) is 8.72. The number of aromatic nitrogens is 3. The summed E-state index contributed by atoms with van der Waals surface area (Å²) in [7, 11) is 1.60. The number of nitrogens with zero attached hydrogens (tertiary/aromatic N) is 3. The van der Waals surface area contributed by atoms with Crippen molar-refractivity contribution in [1.82, 2.24) is 15.0 Å². The van der Waals surface area contributed by atoms with Gasteiger partial charge in [-0.3, -0.25) is 0 Å². The number of aryl methyl sites for hydroxylation is 1. The van der Waals surface area contributed by atoms with E-state index in [1.165, 1.54) is 5.56 Å². The van der Waals surface area contributed by atoms with Crippen molar-refractivity contribution in [3.63, 3.8) is 0 Å². The first-order valence-corrected chi connectivity index (χ1v) is 9.54. The molecule has 5 nitrogen and oxygen atoms in total. The van der Waals surface area contributed by atoms with Gasteiger partial charge in [0.1, 0.15) is 16.4 Å². The van der Waals surface area contributed by atoms with Gasteiger partial charge in [-0.15, -0.1) is 11.3 Å². The maximum atomic E-state index is 5.96. The van der Waals surface area contributed by atoms with Gasteiger partial charge >= 0.3 is 0 Å². The molecule has 0 aliphatic carbocycles. The average molecular weight is 376 g/mol. The molecule has 0 N–H and O–H groups in total. The van der Waals surface area contributed by atoms with E-state index in [1.54, 1.807) is 24.6 Å². The molecule has 0 saturated carbocycles. The monoisotopic (exact) mass is 376 g/mol. The first-order chi connectivity index (χ1) is 12.9. The van der Waals surface area contributed by atoms with Crippen LogP contribution in [0.25, 0.3) is 31.8 Å². The minimum absolute atomic E-state index is 0.418. The zero-order chi connectivity index (χ0) is 18.8. The van der Waals surface area contributed by atoms with Gasteiger partial charge in [-0.25, -0.2) is 15.0 Å². The number of hydrogen-bond acceptors (Lipinski definition) is 6. The topological polar surface area (TPSA) is 57.1 Å². The maximum absolute atomic E-state index is 5.96. The molecule has 0 saturated heterocycles. The van der Waals surface area contributed by atoms with E-state index < -0.39 is 5.60 Å². The van der Waals surface area contributed by atoms with E-state index >= 15 is 0 Å². The molecule has 3 heterocycles. The number of methoxy groups -OCH3 is 1. The summed E-state index contributed by atoms with van der Waals surface area (Å²) in [6.45, 7) is 8.22. The predicted octanol–water partition coefficient (Wildman–Crippen LogP) is 4.75. The van der Waals surface area contributed by atoms with Crippen LogP contribution in [0.4, 0.5) is 0 Å². The van der Waals surface area contributed by atoms with Crippen LogP contribution in [0.5, 0.6) is 11.6 Å². The molecular formula is C21H18N3O2S. The van der Waals surface area contributed by atoms with Crippen LogP contribution in [0.3, 0.4) is 0 Å². The molecular weight excluding hydrogens is 358 g/mol. The van der Waals surface area contributed by atoms with E-state index in [0.29, 0.717) is 5.88 Å². The van der Waals surface area contributed by atoms with Crippen molar-refractivity contribution in [3.8, 4) is 22.2 Å². The van der Waals surface area contributed by atoms with Gasteiger partial charge in [0.25, 0.3) is 0 Å². The highest BCUT2D eigenvalue weighted by Gasteiger charge is 2.32. The smallest absolute Gasteiger partial charge is 0.232 e. The molecule has 1 aliphatic rings. The second-order valence-corrected chi connectivity index (χ2v) is 8.23. The van der Waals surface area contributed by atoms with Crippen molar-refractivity contribution < 1.29 is 9.47 Å². The van der Waals surface area contributed by atoms with Crippen LogP contribution in [0.2, 0.25) is 0 Å². The lowest BCUT2D eigenvalue weighted by atomic mass is 10.0. The zero-order valence-electron chi connectivity index (χ0n) is 15.4. The van der Waals surface area contributed by atoms with Gasteiger partial charge in [0, 0.05) is 17.5 Å². The summed E-state index contributed by atoms with van der Waals surface area (Å²) < 4.78 is 12.3.